The van der Waals surface area contributed by atoms with Gasteiger partial charge in [0.2, 0.25) is 5.91 Å². The van der Waals surface area contributed by atoms with Crippen LogP contribution in [0.15, 0.2) is 0 Å². The number of carbonyl (C=O) groups is 1. The normalized spacial score (nSPS) is 18.2. The Hall–Kier alpha value is -0.610. The van der Waals surface area contributed by atoms with E-state index in [1.165, 1.54) is 6.42 Å². The van der Waals surface area contributed by atoms with E-state index >= 15 is 0 Å². The molecule has 0 aromatic heterocycles. The summed E-state index contributed by atoms with van der Waals surface area (Å²) in [7, 11) is 0. The average molecular weight is 242 g/mol. The molecule has 0 aromatic rings. The summed E-state index contributed by atoms with van der Waals surface area (Å²) in [5.74, 6) is -0.0196. The van der Waals surface area contributed by atoms with E-state index in [0.29, 0.717) is 13.2 Å². The third-order valence-corrected chi connectivity index (χ3v) is 3.48. The molecule has 0 spiro atoms. The minimum atomic E-state index is -0.149. The van der Waals surface area contributed by atoms with Crippen molar-refractivity contribution in [2.45, 2.75) is 57.4 Å². The summed E-state index contributed by atoms with van der Waals surface area (Å²) >= 11 is 0. The smallest absolute Gasteiger partial charge is 0.246 e. The molecule has 0 aromatic carbocycles. The maximum absolute atomic E-state index is 11.7. The first-order valence-electron chi connectivity index (χ1n) is 6.81. The van der Waals surface area contributed by atoms with Gasteiger partial charge in [-0.15, -0.1) is 0 Å². The van der Waals surface area contributed by atoms with Gasteiger partial charge in [-0.2, -0.15) is 0 Å². The Bertz CT molecular complexity index is 225. The van der Waals surface area contributed by atoms with Crippen LogP contribution >= 0.6 is 0 Å². The van der Waals surface area contributed by atoms with E-state index < -0.39 is 0 Å². The van der Waals surface area contributed by atoms with Crippen LogP contribution in [0.2, 0.25) is 0 Å². The largest absolute Gasteiger partial charge is 0.372 e. The molecule has 0 radical (unpaired) electrons. The van der Waals surface area contributed by atoms with Crippen molar-refractivity contribution in [2.24, 2.45) is 5.73 Å². The minimum absolute atomic E-state index is 0.0196. The van der Waals surface area contributed by atoms with Crippen molar-refractivity contribution in [1.29, 1.82) is 0 Å². The second-order valence-corrected chi connectivity index (χ2v) is 5.00. The molecule has 0 bridgehead atoms. The molecule has 1 rings (SSSR count). The number of carbonyl (C=O) groups excluding carboxylic acids is 1. The van der Waals surface area contributed by atoms with Crippen LogP contribution in [0.4, 0.5) is 0 Å². The number of hydrogen-bond donors (Lipinski definition) is 2. The van der Waals surface area contributed by atoms with Crippen LogP contribution in [0.25, 0.3) is 0 Å². The molecule has 0 aliphatic heterocycles. The summed E-state index contributed by atoms with van der Waals surface area (Å²) in [6.45, 7) is 3.54. The highest BCUT2D eigenvalue weighted by atomic mass is 16.5. The van der Waals surface area contributed by atoms with Gasteiger partial charge in [-0.3, -0.25) is 4.79 Å². The van der Waals surface area contributed by atoms with Crippen molar-refractivity contribution in [1.82, 2.24) is 5.32 Å². The number of hydrogen-bond acceptors (Lipinski definition) is 3. The van der Waals surface area contributed by atoms with E-state index in [0.717, 1.165) is 38.5 Å². The van der Waals surface area contributed by atoms with Crippen LogP contribution in [0.5, 0.6) is 0 Å². The number of nitrogens with one attached hydrogen (secondary N) is 1. The van der Waals surface area contributed by atoms with Crippen molar-refractivity contribution in [3.05, 3.63) is 0 Å². The molecule has 1 aliphatic rings. The molecule has 1 aliphatic carbocycles. The highest BCUT2D eigenvalue weighted by molar-refractivity contribution is 5.78. The summed E-state index contributed by atoms with van der Waals surface area (Å²) in [5.41, 5.74) is 5.61. The number of unbranched alkanes of at least 4 members (excludes halogenated alkanes) is 2. The minimum Gasteiger partial charge on any atom is -0.372 e. The lowest BCUT2D eigenvalue weighted by molar-refractivity contribution is -0.127. The number of ether oxygens (including phenoxy) is 1. The van der Waals surface area contributed by atoms with Crippen LogP contribution in [0.1, 0.15) is 51.9 Å². The van der Waals surface area contributed by atoms with Gasteiger partial charge >= 0.3 is 0 Å². The molecule has 17 heavy (non-hydrogen) atoms. The van der Waals surface area contributed by atoms with Gasteiger partial charge in [0, 0.05) is 13.2 Å². The third kappa shape index (κ3) is 5.04. The quantitative estimate of drug-likeness (QED) is 0.635. The molecule has 4 nitrogen and oxygen atoms in total. The molecule has 0 heterocycles. The van der Waals surface area contributed by atoms with Crippen molar-refractivity contribution in [3.8, 4) is 0 Å². The Labute approximate surface area is 104 Å². The zero-order chi connectivity index (χ0) is 12.6. The second kappa shape index (κ2) is 7.67. The fourth-order valence-electron chi connectivity index (χ4n) is 2.38. The van der Waals surface area contributed by atoms with Gasteiger partial charge in [-0.25, -0.2) is 0 Å². The van der Waals surface area contributed by atoms with Crippen LogP contribution in [-0.4, -0.2) is 31.2 Å². The molecule has 3 N–H and O–H groups in total. The summed E-state index contributed by atoms with van der Waals surface area (Å²) in [6, 6.07) is 0. The van der Waals surface area contributed by atoms with Crippen LogP contribution in [0, 0.1) is 0 Å². The molecule has 100 valence electrons. The molecule has 4 heteroatoms. The van der Waals surface area contributed by atoms with Gasteiger partial charge in [0.05, 0.1) is 5.54 Å². The summed E-state index contributed by atoms with van der Waals surface area (Å²) in [6.07, 6.45) is 7.70. The number of amides is 1. The summed E-state index contributed by atoms with van der Waals surface area (Å²) in [5, 5.41) is 3.04. The fraction of sp³-hybridized carbons (Fsp3) is 0.923. The van der Waals surface area contributed by atoms with E-state index in [1.807, 2.05) is 0 Å². The van der Waals surface area contributed by atoms with E-state index in [9.17, 15) is 4.79 Å². The van der Waals surface area contributed by atoms with Crippen molar-refractivity contribution in [3.63, 3.8) is 0 Å². The first kappa shape index (κ1) is 14.5. The predicted molar refractivity (Wildman–Crippen MR) is 68.7 cm³/mol. The molecular formula is C13H26N2O2. The average Bonchev–Trinajstić information content (AvgIpc) is 2.78. The molecular weight excluding hydrogens is 216 g/mol. The molecule has 1 saturated carbocycles. The van der Waals surface area contributed by atoms with Gasteiger partial charge in [-0.05, 0) is 19.3 Å². The number of rotatable bonds is 8. The van der Waals surface area contributed by atoms with Crippen molar-refractivity contribution >= 4 is 5.91 Å². The van der Waals surface area contributed by atoms with Gasteiger partial charge < -0.3 is 15.8 Å². The SMILES string of the molecule is CCCCCOCC(=O)NC1(CN)CCCC1. The molecule has 1 amide bonds. The first-order chi connectivity index (χ1) is 8.22. The molecule has 0 saturated heterocycles. The Morgan fingerprint density at radius 2 is 2.06 bits per heavy atom. The van der Waals surface area contributed by atoms with Gasteiger partial charge in [0.1, 0.15) is 6.61 Å². The topological polar surface area (TPSA) is 64.3 Å². The van der Waals surface area contributed by atoms with Crippen molar-refractivity contribution < 1.29 is 9.53 Å². The van der Waals surface area contributed by atoms with Crippen LogP contribution in [0.3, 0.4) is 0 Å². The monoisotopic (exact) mass is 242 g/mol. The fourth-order valence-corrected chi connectivity index (χ4v) is 2.38. The number of nitrogens with two attached hydrogens (primary N) is 1. The summed E-state index contributed by atoms with van der Waals surface area (Å²) < 4.78 is 5.34. The Kier molecular flexibility index (Phi) is 6.52. The Balaban J connectivity index is 2.15. The van der Waals surface area contributed by atoms with E-state index in [2.05, 4.69) is 12.2 Å². The van der Waals surface area contributed by atoms with Gasteiger partial charge in [0.25, 0.3) is 0 Å². The Morgan fingerprint density at radius 1 is 1.35 bits per heavy atom. The Morgan fingerprint density at radius 3 is 2.65 bits per heavy atom. The third-order valence-electron chi connectivity index (χ3n) is 3.48. The standard InChI is InChI=1S/C13H26N2O2/c1-2-3-6-9-17-10-12(16)15-13(11-14)7-4-5-8-13/h2-11,14H2,1H3,(H,15,16). The lowest BCUT2D eigenvalue weighted by Gasteiger charge is -2.28. The lowest BCUT2D eigenvalue weighted by atomic mass is 9.98. The second-order valence-electron chi connectivity index (χ2n) is 5.00. The van der Waals surface area contributed by atoms with Gasteiger partial charge in [0.15, 0.2) is 0 Å². The van der Waals surface area contributed by atoms with Crippen molar-refractivity contribution in [2.75, 3.05) is 19.8 Å². The maximum atomic E-state index is 11.7. The van der Waals surface area contributed by atoms with E-state index in [1.54, 1.807) is 0 Å². The molecule has 0 atom stereocenters. The zero-order valence-corrected chi connectivity index (χ0v) is 11.0. The molecule has 0 unspecified atom stereocenters. The zero-order valence-electron chi connectivity index (χ0n) is 11.0. The summed E-state index contributed by atoms with van der Waals surface area (Å²) in [4.78, 5) is 11.7. The van der Waals surface area contributed by atoms with Gasteiger partial charge in [-0.1, -0.05) is 32.6 Å². The van der Waals surface area contributed by atoms with Crippen LogP contribution < -0.4 is 11.1 Å². The molecule has 1 fully saturated rings. The van der Waals surface area contributed by atoms with Crippen LogP contribution in [-0.2, 0) is 9.53 Å². The van der Waals surface area contributed by atoms with E-state index in [-0.39, 0.29) is 18.1 Å². The highest BCUT2D eigenvalue weighted by Crippen LogP contribution is 2.28. The maximum Gasteiger partial charge on any atom is 0.246 e. The lowest BCUT2D eigenvalue weighted by Crippen LogP contribution is -2.52. The predicted octanol–water partition coefficient (Wildman–Crippen LogP) is 1.58. The van der Waals surface area contributed by atoms with E-state index in [4.69, 9.17) is 10.5 Å². The highest BCUT2D eigenvalue weighted by Gasteiger charge is 2.33. The first-order valence-corrected chi connectivity index (χ1v) is 6.81.